The minimum atomic E-state index is -4.72. The van der Waals surface area contributed by atoms with Gasteiger partial charge in [0.05, 0.1) is 5.69 Å². The van der Waals surface area contributed by atoms with Gasteiger partial charge in [0.2, 0.25) is 6.79 Å². The van der Waals surface area contributed by atoms with E-state index in [0.29, 0.717) is 33.7 Å². The molecule has 7 nitrogen and oxygen atoms in total. The van der Waals surface area contributed by atoms with Crippen molar-refractivity contribution in [1.29, 1.82) is 0 Å². The van der Waals surface area contributed by atoms with E-state index in [2.05, 4.69) is 15.4 Å². The molecule has 0 bridgehead atoms. The van der Waals surface area contributed by atoms with E-state index in [9.17, 15) is 18.0 Å². The number of nitrogens with zero attached hydrogens (tertiary/aromatic N) is 3. The number of para-hydroxylation sites is 1. The first-order valence-electron chi connectivity index (χ1n) is 10.1. The van der Waals surface area contributed by atoms with Crippen molar-refractivity contribution in [2.75, 3.05) is 12.1 Å². The van der Waals surface area contributed by atoms with Gasteiger partial charge in [-0.3, -0.25) is 4.79 Å². The third-order valence-electron chi connectivity index (χ3n) is 5.27. The van der Waals surface area contributed by atoms with Crippen LogP contribution in [-0.2, 0) is 12.6 Å². The van der Waals surface area contributed by atoms with Crippen molar-refractivity contribution in [3.63, 3.8) is 0 Å². The van der Waals surface area contributed by atoms with Gasteiger partial charge >= 0.3 is 6.18 Å². The summed E-state index contributed by atoms with van der Waals surface area (Å²) in [5.41, 5.74) is 0.620. The van der Waals surface area contributed by atoms with Crippen molar-refractivity contribution in [3.8, 4) is 22.8 Å². The molecular weight excluding hydrogens is 437 g/mol. The second-order valence-corrected chi connectivity index (χ2v) is 7.36. The van der Waals surface area contributed by atoms with Gasteiger partial charge in [0.15, 0.2) is 28.5 Å². The molecule has 0 atom stereocenters. The number of benzene rings is 2. The number of aromatic nitrogens is 3. The summed E-state index contributed by atoms with van der Waals surface area (Å²) in [7, 11) is 0. The Morgan fingerprint density at radius 1 is 1.09 bits per heavy atom. The lowest BCUT2D eigenvalue weighted by Crippen LogP contribution is -2.16. The van der Waals surface area contributed by atoms with Crippen LogP contribution in [-0.4, -0.2) is 27.3 Å². The first kappa shape index (κ1) is 20.8. The Labute approximate surface area is 185 Å². The number of carbonyl (C=O) groups is 1. The summed E-state index contributed by atoms with van der Waals surface area (Å²) >= 11 is 0. The molecule has 33 heavy (non-hydrogen) atoms. The zero-order valence-electron chi connectivity index (χ0n) is 17.3. The molecule has 0 aliphatic carbocycles. The molecule has 1 amide bonds. The van der Waals surface area contributed by atoms with E-state index in [4.69, 9.17) is 9.47 Å². The molecule has 4 aromatic rings. The number of anilines is 1. The van der Waals surface area contributed by atoms with Crippen LogP contribution in [0.4, 0.5) is 18.9 Å². The molecule has 0 fully saturated rings. The molecule has 1 N–H and O–H groups in total. The number of carbonyl (C=O) groups excluding carboxylic acids is 1. The van der Waals surface area contributed by atoms with Gasteiger partial charge in [-0.05, 0) is 42.3 Å². The third-order valence-corrected chi connectivity index (χ3v) is 5.27. The van der Waals surface area contributed by atoms with Crippen molar-refractivity contribution in [2.45, 2.75) is 19.5 Å². The predicted molar refractivity (Wildman–Crippen MR) is 113 cm³/mol. The molecule has 0 unspecified atom stereocenters. The summed E-state index contributed by atoms with van der Waals surface area (Å²) in [6.07, 6.45) is -4.04. The Morgan fingerprint density at radius 3 is 2.67 bits per heavy atom. The van der Waals surface area contributed by atoms with Crippen LogP contribution in [0.15, 0.2) is 54.6 Å². The van der Waals surface area contributed by atoms with Crippen molar-refractivity contribution in [3.05, 3.63) is 71.5 Å². The van der Waals surface area contributed by atoms with Gasteiger partial charge in [-0.25, -0.2) is 9.50 Å². The number of rotatable bonds is 4. The lowest BCUT2D eigenvalue weighted by Gasteiger charge is -2.11. The number of aryl methyl sites for hydroxylation is 1. The van der Waals surface area contributed by atoms with Crippen LogP contribution in [0.25, 0.3) is 16.9 Å². The Morgan fingerprint density at radius 2 is 1.88 bits per heavy atom. The molecule has 0 spiro atoms. The van der Waals surface area contributed by atoms with Gasteiger partial charge in [0, 0.05) is 17.3 Å². The molecule has 5 rings (SSSR count). The van der Waals surface area contributed by atoms with Crippen LogP contribution in [0.1, 0.15) is 28.7 Å². The lowest BCUT2D eigenvalue weighted by atomic mass is 10.1. The van der Waals surface area contributed by atoms with E-state index in [1.165, 1.54) is 6.07 Å². The molecule has 0 saturated carbocycles. The topological polar surface area (TPSA) is 77.8 Å². The first-order valence-corrected chi connectivity index (χ1v) is 10.1. The van der Waals surface area contributed by atoms with Gasteiger partial charge in [0.25, 0.3) is 5.91 Å². The molecule has 168 valence electrons. The molecule has 10 heteroatoms. The molecule has 2 aromatic carbocycles. The molecule has 0 radical (unpaired) electrons. The molecule has 3 heterocycles. The second kappa shape index (κ2) is 7.80. The molecule has 2 aromatic heterocycles. The maximum absolute atomic E-state index is 13.9. The summed E-state index contributed by atoms with van der Waals surface area (Å²) in [4.78, 5) is 17.1. The van der Waals surface area contributed by atoms with Crippen LogP contribution in [0.3, 0.4) is 0 Å². The fourth-order valence-corrected chi connectivity index (χ4v) is 3.63. The Hall–Kier alpha value is -4.08. The van der Waals surface area contributed by atoms with Gasteiger partial charge in [-0.2, -0.15) is 18.3 Å². The SMILES string of the molecule is CCc1ccccc1NC(=O)c1cc2nc(-c3ccc4c(c3)OCO4)cc(C(F)(F)F)n2n1. The largest absolute Gasteiger partial charge is 0.454 e. The number of ether oxygens (including phenoxy) is 2. The fourth-order valence-electron chi connectivity index (χ4n) is 3.63. The second-order valence-electron chi connectivity index (χ2n) is 7.36. The summed E-state index contributed by atoms with van der Waals surface area (Å²) in [5, 5.41) is 6.62. The summed E-state index contributed by atoms with van der Waals surface area (Å²) in [6, 6.07) is 14.1. The number of hydrogen-bond acceptors (Lipinski definition) is 5. The Bertz CT molecular complexity index is 1380. The number of hydrogen-bond donors (Lipinski definition) is 1. The number of alkyl halides is 3. The standard InChI is InChI=1S/C23H17F3N4O3/c1-2-13-5-3-4-6-15(13)28-22(31)17-11-21-27-16(10-20(23(24,25)26)30(21)29-17)14-7-8-18-19(9-14)33-12-32-18/h3-11H,2,12H2,1H3,(H,28,31). The summed E-state index contributed by atoms with van der Waals surface area (Å²) in [6.45, 7) is 1.98. The van der Waals surface area contributed by atoms with Crippen LogP contribution >= 0.6 is 0 Å². The van der Waals surface area contributed by atoms with Crippen LogP contribution in [0.5, 0.6) is 11.5 Å². The summed E-state index contributed by atoms with van der Waals surface area (Å²) < 4.78 is 52.8. The van der Waals surface area contributed by atoms with Crippen molar-refractivity contribution in [1.82, 2.24) is 14.6 Å². The van der Waals surface area contributed by atoms with E-state index in [0.717, 1.165) is 11.6 Å². The highest BCUT2D eigenvalue weighted by molar-refractivity contribution is 6.04. The number of amides is 1. The first-order chi connectivity index (χ1) is 15.8. The van der Waals surface area contributed by atoms with Crippen LogP contribution in [0, 0.1) is 0 Å². The Balaban J connectivity index is 1.57. The normalized spacial score (nSPS) is 12.8. The van der Waals surface area contributed by atoms with E-state index in [1.807, 2.05) is 19.1 Å². The van der Waals surface area contributed by atoms with Gasteiger partial charge in [-0.1, -0.05) is 25.1 Å². The highest BCUT2D eigenvalue weighted by Crippen LogP contribution is 2.37. The highest BCUT2D eigenvalue weighted by Gasteiger charge is 2.36. The van der Waals surface area contributed by atoms with Gasteiger partial charge in [0.1, 0.15) is 0 Å². The third kappa shape index (κ3) is 3.84. The molecule has 0 saturated heterocycles. The summed E-state index contributed by atoms with van der Waals surface area (Å²) in [5.74, 6) is 0.302. The van der Waals surface area contributed by atoms with Crippen molar-refractivity contribution < 1.29 is 27.4 Å². The van der Waals surface area contributed by atoms with Gasteiger partial charge in [-0.15, -0.1) is 0 Å². The van der Waals surface area contributed by atoms with Crippen LogP contribution < -0.4 is 14.8 Å². The zero-order chi connectivity index (χ0) is 23.2. The molecular formula is C23H17F3N4O3. The minimum absolute atomic E-state index is 0.0430. The van der Waals surface area contributed by atoms with Crippen LogP contribution in [0.2, 0.25) is 0 Å². The quantitative estimate of drug-likeness (QED) is 0.472. The van der Waals surface area contributed by atoms with Crippen molar-refractivity contribution in [2.24, 2.45) is 0 Å². The lowest BCUT2D eigenvalue weighted by molar-refractivity contribution is -0.142. The van der Waals surface area contributed by atoms with E-state index >= 15 is 0 Å². The van der Waals surface area contributed by atoms with Gasteiger partial charge < -0.3 is 14.8 Å². The van der Waals surface area contributed by atoms with E-state index in [-0.39, 0.29) is 23.8 Å². The maximum atomic E-state index is 13.9. The zero-order valence-corrected chi connectivity index (χ0v) is 17.3. The average molecular weight is 454 g/mol. The minimum Gasteiger partial charge on any atom is -0.454 e. The number of fused-ring (bicyclic) bond motifs is 2. The highest BCUT2D eigenvalue weighted by atomic mass is 19.4. The average Bonchev–Trinajstić information content (AvgIpc) is 3.44. The maximum Gasteiger partial charge on any atom is 0.433 e. The molecule has 1 aliphatic heterocycles. The Kier molecular flexibility index (Phi) is 4.92. The smallest absolute Gasteiger partial charge is 0.433 e. The van der Waals surface area contributed by atoms with Crippen molar-refractivity contribution >= 4 is 17.2 Å². The number of halogens is 3. The number of nitrogens with one attached hydrogen (secondary N) is 1. The monoisotopic (exact) mass is 454 g/mol. The van der Waals surface area contributed by atoms with E-state index in [1.54, 1.807) is 30.3 Å². The molecule has 1 aliphatic rings. The predicted octanol–water partition coefficient (Wildman–Crippen LogP) is 4.96. The van der Waals surface area contributed by atoms with E-state index < -0.39 is 17.8 Å². The fraction of sp³-hybridized carbons (Fsp3) is 0.174.